The van der Waals surface area contributed by atoms with Crippen molar-refractivity contribution in [2.75, 3.05) is 0 Å². The maximum absolute atomic E-state index is 4.66. The predicted molar refractivity (Wildman–Crippen MR) is 124 cm³/mol. The third-order valence-electron chi connectivity index (χ3n) is 4.62. The van der Waals surface area contributed by atoms with Gasteiger partial charge in [-0.3, -0.25) is 0 Å². The molecule has 0 bridgehead atoms. The second-order valence-corrected chi connectivity index (χ2v) is 8.17. The first-order valence-corrected chi connectivity index (χ1v) is 11.4. The van der Waals surface area contributed by atoms with Crippen LogP contribution < -0.4 is 5.73 Å². The molecule has 0 fully saturated rings. The van der Waals surface area contributed by atoms with Crippen LogP contribution in [0.15, 0.2) is 18.2 Å². The van der Waals surface area contributed by atoms with Crippen molar-refractivity contribution < 1.29 is 19.5 Å². The fourth-order valence-electron chi connectivity index (χ4n) is 3.15. The molecule has 0 amide bonds. The molecule has 150 valence electrons. The van der Waals surface area contributed by atoms with Gasteiger partial charge >= 0.3 is 19.5 Å². The molecule has 2 N–H and O–H groups in total. The van der Waals surface area contributed by atoms with E-state index in [0.29, 0.717) is 0 Å². The van der Waals surface area contributed by atoms with Crippen molar-refractivity contribution >= 4 is 29.2 Å². The van der Waals surface area contributed by atoms with E-state index in [-0.39, 0.29) is 23.8 Å². The molecule has 0 unspecified atom stereocenters. The van der Waals surface area contributed by atoms with Crippen molar-refractivity contribution in [1.29, 1.82) is 0 Å². The summed E-state index contributed by atoms with van der Waals surface area (Å²) in [5, 5.41) is 0. The van der Waals surface area contributed by atoms with Crippen molar-refractivity contribution in [1.82, 2.24) is 0 Å². The molecular weight excluding hydrogens is 420 g/mol. The number of hydrogen-bond donors (Lipinski definition) is 1. The number of benzene rings is 1. The molecular formula is C23H39NS2Zn. The van der Waals surface area contributed by atoms with E-state index in [4.69, 9.17) is 0 Å². The second-order valence-electron chi connectivity index (χ2n) is 7.03. The first-order chi connectivity index (χ1) is 12.6. The molecule has 1 rings (SSSR count). The Morgan fingerprint density at radius 1 is 0.889 bits per heavy atom. The van der Waals surface area contributed by atoms with Gasteiger partial charge < -0.3 is 30.6 Å². The standard InChI is InChI=1S/C22H37.CH3NS2.Zn/c1-3-5-7-9-11-13-17-21-19-15-16-20-22(21)18-14-12-10-8-6-4-2;2-1(3)4;/h15-16,19H,3-14,17-18H2,1-2H3;(H3,2,3,4);/q-1;;+2/p-1. The SMILES string of the molecule is CCCCCCCCc1[c-]cccc1CCCCCCCC.NC(=S)[S-].[Zn+2]. The fraction of sp³-hybridized carbons (Fsp3) is 0.696. The smallest absolute Gasteiger partial charge is 0.415 e. The Bertz CT molecular complexity index is 413. The average Bonchev–Trinajstić information content (AvgIpc) is 2.61. The van der Waals surface area contributed by atoms with Gasteiger partial charge in [0.05, 0.1) is 0 Å². The number of aryl methyl sites for hydroxylation is 2. The van der Waals surface area contributed by atoms with E-state index < -0.39 is 0 Å². The van der Waals surface area contributed by atoms with Gasteiger partial charge in [-0.1, -0.05) is 108 Å². The minimum absolute atomic E-state index is 0. The Kier molecular flexibility index (Phi) is 24.0. The van der Waals surface area contributed by atoms with Crippen molar-refractivity contribution in [2.45, 2.75) is 104 Å². The van der Waals surface area contributed by atoms with Crippen LogP contribution in [-0.2, 0) is 44.9 Å². The topological polar surface area (TPSA) is 26.0 Å². The molecule has 1 aromatic rings. The first-order valence-electron chi connectivity index (χ1n) is 10.6. The Morgan fingerprint density at radius 2 is 1.33 bits per heavy atom. The van der Waals surface area contributed by atoms with Gasteiger partial charge in [0, 0.05) is 0 Å². The third-order valence-corrected chi connectivity index (χ3v) is 4.62. The van der Waals surface area contributed by atoms with E-state index in [9.17, 15) is 0 Å². The fourth-order valence-corrected chi connectivity index (χ4v) is 3.15. The van der Waals surface area contributed by atoms with Crippen molar-refractivity contribution in [3.8, 4) is 0 Å². The predicted octanol–water partition coefficient (Wildman–Crippen LogP) is 7.07. The summed E-state index contributed by atoms with van der Waals surface area (Å²) < 4.78 is 0.0833. The van der Waals surface area contributed by atoms with Crippen LogP contribution in [0.25, 0.3) is 0 Å². The van der Waals surface area contributed by atoms with Crippen LogP contribution in [0.3, 0.4) is 0 Å². The van der Waals surface area contributed by atoms with Gasteiger partial charge in [0.25, 0.3) is 0 Å². The zero-order valence-corrected chi connectivity index (χ0v) is 22.3. The minimum atomic E-state index is 0. The molecule has 0 aliphatic heterocycles. The summed E-state index contributed by atoms with van der Waals surface area (Å²) in [5.74, 6) is 0. The van der Waals surface area contributed by atoms with Gasteiger partial charge in [0.1, 0.15) is 0 Å². The Labute approximate surface area is 192 Å². The van der Waals surface area contributed by atoms with Gasteiger partial charge in [-0.15, -0.1) is 0 Å². The molecule has 0 aromatic heterocycles. The molecule has 0 heterocycles. The summed E-state index contributed by atoms with van der Waals surface area (Å²) in [4.78, 5) is 0. The number of nitrogens with two attached hydrogens (primary N) is 1. The van der Waals surface area contributed by atoms with Gasteiger partial charge in [-0.05, 0) is 0 Å². The Morgan fingerprint density at radius 3 is 1.85 bits per heavy atom. The molecule has 4 heteroatoms. The normalized spacial score (nSPS) is 9.85. The van der Waals surface area contributed by atoms with Gasteiger partial charge in [-0.25, -0.2) is 0 Å². The zero-order valence-electron chi connectivity index (χ0n) is 17.7. The van der Waals surface area contributed by atoms with Gasteiger partial charge in [0.15, 0.2) is 0 Å². The number of unbranched alkanes of at least 4 members (excludes halogenated alkanes) is 10. The summed E-state index contributed by atoms with van der Waals surface area (Å²) in [6, 6.07) is 10.1. The van der Waals surface area contributed by atoms with Crippen molar-refractivity contribution in [2.24, 2.45) is 5.73 Å². The van der Waals surface area contributed by atoms with Crippen molar-refractivity contribution in [3.63, 3.8) is 0 Å². The van der Waals surface area contributed by atoms with Gasteiger partial charge in [0.2, 0.25) is 0 Å². The van der Waals surface area contributed by atoms with E-state index in [1.165, 1.54) is 95.5 Å². The van der Waals surface area contributed by atoms with Gasteiger partial charge in [-0.2, -0.15) is 35.4 Å². The van der Waals surface area contributed by atoms with Crippen molar-refractivity contribution in [3.05, 3.63) is 35.4 Å². The van der Waals surface area contributed by atoms with Crippen LogP contribution in [-0.4, -0.2) is 4.32 Å². The average molecular weight is 459 g/mol. The summed E-state index contributed by atoms with van der Waals surface area (Å²) in [6.45, 7) is 4.57. The molecule has 0 saturated carbocycles. The molecule has 1 aromatic carbocycles. The molecule has 0 saturated heterocycles. The van der Waals surface area contributed by atoms with Crippen LogP contribution in [0.1, 0.15) is 102 Å². The molecule has 0 radical (unpaired) electrons. The molecule has 0 aliphatic carbocycles. The number of rotatable bonds is 14. The van der Waals surface area contributed by atoms with Crippen LogP contribution in [0.2, 0.25) is 0 Å². The summed E-state index contributed by atoms with van der Waals surface area (Å²) in [5.41, 5.74) is 7.71. The maximum Gasteiger partial charge on any atom is 2.00 e. The largest absolute Gasteiger partial charge is 2.00 e. The van der Waals surface area contributed by atoms with E-state index in [1.54, 1.807) is 5.56 Å². The summed E-state index contributed by atoms with van der Waals surface area (Å²) in [7, 11) is 0. The molecule has 0 atom stereocenters. The molecule has 1 nitrogen and oxygen atoms in total. The summed E-state index contributed by atoms with van der Waals surface area (Å²) >= 11 is 8.26. The summed E-state index contributed by atoms with van der Waals surface area (Å²) in [6.07, 6.45) is 19.1. The maximum atomic E-state index is 4.66. The second kappa shape index (κ2) is 22.2. The molecule has 27 heavy (non-hydrogen) atoms. The van der Waals surface area contributed by atoms with E-state index in [1.807, 2.05) is 0 Å². The Hall–Kier alpha value is -0.0466. The zero-order chi connectivity index (χ0) is 19.5. The third kappa shape index (κ3) is 20.5. The number of hydrogen-bond acceptors (Lipinski definition) is 2. The van der Waals surface area contributed by atoms with E-state index in [0.717, 1.165) is 0 Å². The van der Waals surface area contributed by atoms with Crippen LogP contribution in [0.4, 0.5) is 0 Å². The van der Waals surface area contributed by atoms with Crippen LogP contribution in [0, 0.1) is 6.07 Å². The monoisotopic (exact) mass is 457 g/mol. The Balaban J connectivity index is 0. The molecule has 0 spiro atoms. The molecule has 0 aliphatic rings. The van der Waals surface area contributed by atoms with Crippen LogP contribution in [0.5, 0.6) is 0 Å². The number of thiocarbonyl (C=S) groups is 1. The first kappa shape index (κ1) is 29.2. The quantitative estimate of drug-likeness (QED) is 0.106. The van der Waals surface area contributed by atoms with Crippen LogP contribution >= 0.6 is 12.2 Å². The van der Waals surface area contributed by atoms with E-state index >= 15 is 0 Å². The minimum Gasteiger partial charge on any atom is -0.415 e. The van der Waals surface area contributed by atoms with E-state index in [2.05, 4.69) is 68.7 Å².